The number of allylic oxidation sites excluding steroid dienone is 8. The van der Waals surface area contributed by atoms with Gasteiger partial charge in [-0.1, -0.05) is 48.2 Å². The normalized spacial score (nSPS) is 27.4. The molecule has 3 aliphatic rings. The molecule has 1 atom stereocenters. The summed E-state index contributed by atoms with van der Waals surface area (Å²) in [7, 11) is 0. The molecule has 1 unspecified atom stereocenters. The van der Waals surface area contributed by atoms with Crippen molar-refractivity contribution in [2.75, 3.05) is 0 Å². The van der Waals surface area contributed by atoms with E-state index in [4.69, 9.17) is 0 Å². The number of carbonyl (C=O) groups excluding carboxylic acids is 1. The van der Waals surface area contributed by atoms with Crippen molar-refractivity contribution in [1.29, 1.82) is 0 Å². The summed E-state index contributed by atoms with van der Waals surface area (Å²) in [4.78, 5) is 13.5. The molecule has 0 aromatic heterocycles. The van der Waals surface area contributed by atoms with E-state index in [-0.39, 0.29) is 11.7 Å². The summed E-state index contributed by atoms with van der Waals surface area (Å²) in [6, 6.07) is 0. The predicted molar refractivity (Wildman–Crippen MR) is 67.9 cm³/mol. The SMILES string of the molecule is O=C1C2=C(C=CCC2)SC=C2C=CC=CC12. The van der Waals surface area contributed by atoms with E-state index in [0.29, 0.717) is 0 Å². The highest BCUT2D eigenvalue weighted by atomic mass is 32.2. The van der Waals surface area contributed by atoms with Gasteiger partial charge in [0.2, 0.25) is 0 Å². The van der Waals surface area contributed by atoms with Gasteiger partial charge in [-0.25, -0.2) is 0 Å². The quantitative estimate of drug-likeness (QED) is 0.631. The summed E-state index contributed by atoms with van der Waals surface area (Å²) in [5.41, 5.74) is 2.14. The summed E-state index contributed by atoms with van der Waals surface area (Å²) in [5.74, 6) is 0.243. The molecule has 1 aliphatic heterocycles. The molecule has 80 valence electrons. The van der Waals surface area contributed by atoms with E-state index in [1.165, 1.54) is 0 Å². The highest BCUT2D eigenvalue weighted by Gasteiger charge is 2.28. The number of hydrogen-bond donors (Lipinski definition) is 0. The van der Waals surface area contributed by atoms with Gasteiger partial charge in [-0.3, -0.25) is 4.79 Å². The van der Waals surface area contributed by atoms with Gasteiger partial charge < -0.3 is 0 Å². The Hall–Kier alpha value is -1.28. The number of carbonyl (C=O) groups is 1. The maximum absolute atomic E-state index is 12.4. The first-order chi connectivity index (χ1) is 7.86. The Morgan fingerprint density at radius 3 is 3.12 bits per heavy atom. The standard InChI is InChI=1S/C14H12OS/c15-14-11-6-2-1-5-10(11)9-16-13-8-4-3-7-12(13)14/h1-2,4-6,8-9,11H,3,7H2. The lowest BCUT2D eigenvalue weighted by Gasteiger charge is -2.16. The molecule has 0 spiro atoms. The first kappa shape index (κ1) is 9.91. The molecule has 16 heavy (non-hydrogen) atoms. The van der Waals surface area contributed by atoms with Crippen LogP contribution in [-0.4, -0.2) is 5.78 Å². The lowest BCUT2D eigenvalue weighted by Crippen LogP contribution is -2.17. The van der Waals surface area contributed by atoms with Crippen molar-refractivity contribution in [1.82, 2.24) is 0 Å². The van der Waals surface area contributed by atoms with Gasteiger partial charge in [0.05, 0.1) is 5.92 Å². The van der Waals surface area contributed by atoms with Crippen molar-refractivity contribution < 1.29 is 4.79 Å². The van der Waals surface area contributed by atoms with Crippen molar-refractivity contribution in [3.8, 4) is 0 Å². The summed E-state index contributed by atoms with van der Waals surface area (Å²) in [5, 5.41) is 2.11. The van der Waals surface area contributed by atoms with Gasteiger partial charge in [0.1, 0.15) is 0 Å². The number of hydrogen-bond acceptors (Lipinski definition) is 2. The Morgan fingerprint density at radius 2 is 2.19 bits per heavy atom. The van der Waals surface area contributed by atoms with E-state index >= 15 is 0 Å². The minimum Gasteiger partial charge on any atom is -0.293 e. The van der Waals surface area contributed by atoms with Crippen LogP contribution >= 0.6 is 11.8 Å². The number of rotatable bonds is 0. The van der Waals surface area contributed by atoms with Crippen LogP contribution in [0.2, 0.25) is 0 Å². The van der Waals surface area contributed by atoms with Crippen LogP contribution < -0.4 is 0 Å². The van der Waals surface area contributed by atoms with Gasteiger partial charge in [0, 0.05) is 10.5 Å². The molecule has 1 heterocycles. The topological polar surface area (TPSA) is 17.1 Å². The lowest BCUT2D eigenvalue weighted by atomic mass is 9.86. The van der Waals surface area contributed by atoms with E-state index in [9.17, 15) is 4.79 Å². The second-order valence-electron chi connectivity index (χ2n) is 4.11. The fraction of sp³-hybridized carbons (Fsp3) is 0.214. The van der Waals surface area contributed by atoms with Gasteiger partial charge in [-0.2, -0.15) is 0 Å². The third-order valence-electron chi connectivity index (χ3n) is 3.09. The largest absolute Gasteiger partial charge is 0.293 e. The summed E-state index contributed by atoms with van der Waals surface area (Å²) in [6.45, 7) is 0. The van der Waals surface area contributed by atoms with Crippen LogP contribution in [0, 0.1) is 5.92 Å². The lowest BCUT2D eigenvalue weighted by molar-refractivity contribution is -0.117. The van der Waals surface area contributed by atoms with Crippen LogP contribution in [0.1, 0.15) is 12.8 Å². The average molecular weight is 228 g/mol. The van der Waals surface area contributed by atoms with Crippen LogP contribution in [0.3, 0.4) is 0 Å². The second kappa shape index (κ2) is 3.95. The predicted octanol–water partition coefficient (Wildman–Crippen LogP) is 3.53. The maximum atomic E-state index is 12.4. The van der Waals surface area contributed by atoms with E-state index < -0.39 is 0 Å². The zero-order valence-corrected chi connectivity index (χ0v) is 9.67. The molecule has 0 saturated carbocycles. The van der Waals surface area contributed by atoms with Crippen molar-refractivity contribution in [3.63, 3.8) is 0 Å². The van der Waals surface area contributed by atoms with Crippen LogP contribution in [-0.2, 0) is 4.79 Å². The highest BCUT2D eigenvalue weighted by molar-refractivity contribution is 8.06. The number of thioether (sulfide) groups is 1. The molecule has 0 aromatic rings. The molecular weight excluding hydrogens is 216 g/mol. The third-order valence-corrected chi connectivity index (χ3v) is 4.12. The Labute approximate surface area is 99.3 Å². The van der Waals surface area contributed by atoms with E-state index in [2.05, 4.69) is 17.6 Å². The minimum atomic E-state index is -0.0449. The molecule has 2 heteroatoms. The number of fused-ring (bicyclic) bond motifs is 1. The molecule has 0 saturated heterocycles. The van der Waals surface area contributed by atoms with Gasteiger partial charge in [-0.15, -0.1) is 0 Å². The van der Waals surface area contributed by atoms with Gasteiger partial charge in [0.25, 0.3) is 0 Å². The second-order valence-corrected chi connectivity index (χ2v) is 5.02. The molecule has 3 rings (SSSR count). The molecular formula is C14H12OS. The zero-order chi connectivity index (χ0) is 11.0. The Morgan fingerprint density at radius 1 is 1.25 bits per heavy atom. The molecule has 0 fully saturated rings. The first-order valence-electron chi connectivity index (χ1n) is 5.52. The van der Waals surface area contributed by atoms with Crippen molar-refractivity contribution in [2.24, 2.45) is 5.92 Å². The monoisotopic (exact) mass is 228 g/mol. The summed E-state index contributed by atoms with van der Waals surface area (Å²) < 4.78 is 0. The van der Waals surface area contributed by atoms with Crippen molar-refractivity contribution >= 4 is 17.5 Å². The van der Waals surface area contributed by atoms with Gasteiger partial charge in [0.15, 0.2) is 5.78 Å². The Balaban J connectivity index is 2.06. The first-order valence-corrected chi connectivity index (χ1v) is 6.40. The number of Topliss-reactive ketones (excluding diaryl/α,β-unsaturated/α-hetero) is 1. The van der Waals surface area contributed by atoms with E-state index in [1.54, 1.807) is 11.8 Å². The Bertz CT molecular complexity index is 489. The summed E-state index contributed by atoms with van der Waals surface area (Å²) in [6.07, 6.45) is 14.1. The fourth-order valence-corrected chi connectivity index (χ4v) is 3.23. The summed E-state index contributed by atoms with van der Waals surface area (Å²) >= 11 is 1.68. The third kappa shape index (κ3) is 1.54. The highest BCUT2D eigenvalue weighted by Crippen LogP contribution is 2.38. The molecule has 0 amide bonds. The van der Waals surface area contributed by atoms with E-state index in [0.717, 1.165) is 28.9 Å². The van der Waals surface area contributed by atoms with E-state index in [1.807, 2.05) is 24.3 Å². The van der Waals surface area contributed by atoms with Crippen LogP contribution in [0.4, 0.5) is 0 Å². The van der Waals surface area contributed by atoms with Crippen molar-refractivity contribution in [2.45, 2.75) is 12.8 Å². The minimum absolute atomic E-state index is 0.0449. The molecule has 0 aromatic carbocycles. The van der Waals surface area contributed by atoms with Gasteiger partial charge >= 0.3 is 0 Å². The maximum Gasteiger partial charge on any atom is 0.171 e. The van der Waals surface area contributed by atoms with Crippen molar-refractivity contribution in [3.05, 3.63) is 57.9 Å². The molecule has 2 aliphatic carbocycles. The molecule has 0 N–H and O–H groups in total. The fourth-order valence-electron chi connectivity index (χ4n) is 2.22. The molecule has 0 radical (unpaired) electrons. The van der Waals surface area contributed by atoms with Crippen LogP contribution in [0.15, 0.2) is 57.9 Å². The average Bonchev–Trinajstić information content (AvgIpc) is 2.49. The van der Waals surface area contributed by atoms with Crippen LogP contribution in [0.5, 0.6) is 0 Å². The Kier molecular flexibility index (Phi) is 2.44. The zero-order valence-electron chi connectivity index (χ0n) is 8.85. The molecule has 0 bridgehead atoms. The van der Waals surface area contributed by atoms with Crippen LogP contribution in [0.25, 0.3) is 0 Å². The van der Waals surface area contributed by atoms with Gasteiger partial charge in [-0.05, 0) is 23.8 Å². The molecule has 1 nitrogen and oxygen atoms in total. The smallest absolute Gasteiger partial charge is 0.171 e. The number of ketones is 1.